The molecule has 2 aliphatic heterocycles. The molecule has 3 rings (SSSR count). The summed E-state index contributed by atoms with van der Waals surface area (Å²) in [6, 6.07) is 9.89. The van der Waals surface area contributed by atoms with Gasteiger partial charge in [0.15, 0.2) is 0 Å². The monoisotopic (exact) mass is 313 g/mol. The smallest absolute Gasteiger partial charge is 0.251 e. The highest BCUT2D eigenvalue weighted by atomic mass is 16.5. The van der Waals surface area contributed by atoms with E-state index in [9.17, 15) is 4.79 Å². The summed E-state index contributed by atoms with van der Waals surface area (Å²) >= 11 is 0. The van der Waals surface area contributed by atoms with Gasteiger partial charge in [0.05, 0.1) is 11.6 Å². The van der Waals surface area contributed by atoms with Crippen molar-refractivity contribution in [2.45, 2.75) is 31.9 Å². The Morgan fingerprint density at radius 2 is 2.00 bits per heavy atom. The quantitative estimate of drug-likeness (QED) is 0.853. The maximum absolute atomic E-state index is 12.4. The van der Waals surface area contributed by atoms with Crippen LogP contribution in [0.4, 0.5) is 0 Å². The van der Waals surface area contributed by atoms with Crippen LogP contribution in [0, 0.1) is 11.3 Å². The summed E-state index contributed by atoms with van der Waals surface area (Å²) in [5, 5.41) is 8.85. The molecule has 5 heteroatoms. The molecule has 2 heterocycles. The Morgan fingerprint density at radius 3 is 2.70 bits per heavy atom. The van der Waals surface area contributed by atoms with Crippen LogP contribution in [0.2, 0.25) is 0 Å². The van der Waals surface area contributed by atoms with Gasteiger partial charge in [-0.2, -0.15) is 5.26 Å². The summed E-state index contributed by atoms with van der Waals surface area (Å²) in [7, 11) is 0. The van der Waals surface area contributed by atoms with Gasteiger partial charge in [-0.05, 0) is 37.0 Å². The second-order valence-electron chi connectivity index (χ2n) is 6.27. The van der Waals surface area contributed by atoms with Gasteiger partial charge in [0, 0.05) is 39.3 Å². The molecule has 0 spiro atoms. The van der Waals surface area contributed by atoms with Gasteiger partial charge in [-0.25, -0.2) is 0 Å². The van der Waals surface area contributed by atoms with E-state index in [0.29, 0.717) is 5.56 Å². The first-order chi connectivity index (χ1) is 11.3. The molecule has 1 atom stereocenters. The van der Waals surface area contributed by atoms with Gasteiger partial charge in [0.25, 0.3) is 5.91 Å². The standard InChI is InChI=1S/C18H23N3O2/c19-13-15-4-6-16(7-5-15)14-20-8-2-9-21(11-10-20)18(22)17-3-1-12-23-17/h4-7,17H,1-3,8-12,14H2/t17-/m1/s1. The van der Waals surface area contributed by atoms with Crippen molar-refractivity contribution < 1.29 is 9.53 Å². The first-order valence-electron chi connectivity index (χ1n) is 8.38. The molecule has 0 aromatic heterocycles. The number of carbonyl (C=O) groups is 1. The maximum Gasteiger partial charge on any atom is 0.251 e. The number of hydrogen-bond acceptors (Lipinski definition) is 4. The maximum atomic E-state index is 12.4. The van der Waals surface area contributed by atoms with Crippen molar-refractivity contribution >= 4 is 5.91 Å². The van der Waals surface area contributed by atoms with E-state index < -0.39 is 0 Å². The molecule has 0 bridgehead atoms. The van der Waals surface area contributed by atoms with Crippen LogP contribution in [0.5, 0.6) is 0 Å². The number of amides is 1. The fourth-order valence-electron chi connectivity index (χ4n) is 3.27. The van der Waals surface area contributed by atoms with Crippen molar-refractivity contribution in [1.29, 1.82) is 5.26 Å². The van der Waals surface area contributed by atoms with E-state index in [2.05, 4.69) is 11.0 Å². The van der Waals surface area contributed by atoms with Gasteiger partial charge in [-0.1, -0.05) is 12.1 Å². The molecule has 1 amide bonds. The predicted molar refractivity (Wildman–Crippen MR) is 86.6 cm³/mol. The Morgan fingerprint density at radius 1 is 1.17 bits per heavy atom. The molecule has 1 aromatic carbocycles. The van der Waals surface area contributed by atoms with Crippen molar-refractivity contribution in [3.8, 4) is 6.07 Å². The third-order valence-corrected chi connectivity index (χ3v) is 4.59. The number of carbonyl (C=O) groups excluding carboxylic acids is 1. The third-order valence-electron chi connectivity index (χ3n) is 4.59. The van der Waals surface area contributed by atoms with E-state index in [1.54, 1.807) is 0 Å². The third kappa shape index (κ3) is 4.10. The molecule has 2 saturated heterocycles. The summed E-state index contributed by atoms with van der Waals surface area (Å²) in [5.74, 6) is 0.169. The predicted octanol–water partition coefficient (Wildman–Crippen LogP) is 1.77. The van der Waals surface area contributed by atoms with Crippen molar-refractivity contribution in [2.24, 2.45) is 0 Å². The lowest BCUT2D eigenvalue weighted by Crippen LogP contribution is -2.41. The number of benzene rings is 1. The van der Waals surface area contributed by atoms with Gasteiger partial charge in [-0.3, -0.25) is 9.69 Å². The van der Waals surface area contributed by atoms with Crippen molar-refractivity contribution in [3.05, 3.63) is 35.4 Å². The Bertz CT molecular complexity index is 573. The number of nitrogens with zero attached hydrogens (tertiary/aromatic N) is 3. The molecule has 2 fully saturated rings. The van der Waals surface area contributed by atoms with E-state index in [1.165, 1.54) is 5.56 Å². The normalized spacial score (nSPS) is 22.6. The summed E-state index contributed by atoms with van der Waals surface area (Å²) < 4.78 is 5.52. The first-order valence-corrected chi connectivity index (χ1v) is 8.38. The van der Waals surface area contributed by atoms with E-state index >= 15 is 0 Å². The van der Waals surface area contributed by atoms with Gasteiger partial charge >= 0.3 is 0 Å². The van der Waals surface area contributed by atoms with E-state index in [1.807, 2.05) is 29.2 Å². The van der Waals surface area contributed by atoms with E-state index in [0.717, 1.165) is 58.6 Å². The largest absolute Gasteiger partial charge is 0.368 e. The average molecular weight is 313 g/mol. The molecule has 122 valence electrons. The molecular weight excluding hydrogens is 290 g/mol. The van der Waals surface area contributed by atoms with Crippen LogP contribution < -0.4 is 0 Å². The van der Waals surface area contributed by atoms with E-state index in [4.69, 9.17) is 10.00 Å². The fourth-order valence-corrected chi connectivity index (χ4v) is 3.27. The topological polar surface area (TPSA) is 56.6 Å². The Labute approximate surface area is 137 Å². The highest BCUT2D eigenvalue weighted by Crippen LogP contribution is 2.17. The molecule has 0 aliphatic carbocycles. The van der Waals surface area contributed by atoms with Crippen LogP contribution in [0.15, 0.2) is 24.3 Å². The zero-order valence-corrected chi connectivity index (χ0v) is 13.4. The van der Waals surface area contributed by atoms with Crippen molar-refractivity contribution in [1.82, 2.24) is 9.80 Å². The first kappa shape index (κ1) is 16.0. The van der Waals surface area contributed by atoms with Gasteiger partial charge in [-0.15, -0.1) is 0 Å². The lowest BCUT2D eigenvalue weighted by molar-refractivity contribution is -0.140. The molecule has 0 saturated carbocycles. The summed E-state index contributed by atoms with van der Waals surface area (Å²) in [6.07, 6.45) is 2.65. The van der Waals surface area contributed by atoms with Crippen molar-refractivity contribution in [3.63, 3.8) is 0 Å². The summed E-state index contributed by atoms with van der Waals surface area (Å²) in [6.45, 7) is 5.06. The Hall–Kier alpha value is -1.90. The molecule has 0 unspecified atom stereocenters. The Kier molecular flexibility index (Phi) is 5.27. The molecule has 2 aliphatic rings. The molecular formula is C18H23N3O2. The zero-order valence-electron chi connectivity index (χ0n) is 13.4. The van der Waals surface area contributed by atoms with Crippen LogP contribution in [-0.2, 0) is 16.1 Å². The van der Waals surface area contributed by atoms with Gasteiger partial charge < -0.3 is 9.64 Å². The number of ether oxygens (including phenoxy) is 1. The minimum absolute atomic E-state index is 0.169. The number of rotatable bonds is 3. The zero-order chi connectivity index (χ0) is 16.1. The highest BCUT2D eigenvalue weighted by molar-refractivity contribution is 5.81. The van der Waals surface area contributed by atoms with Gasteiger partial charge in [0.1, 0.15) is 6.10 Å². The van der Waals surface area contributed by atoms with Crippen molar-refractivity contribution in [2.75, 3.05) is 32.8 Å². The fraction of sp³-hybridized carbons (Fsp3) is 0.556. The van der Waals surface area contributed by atoms with Crippen LogP contribution in [0.3, 0.4) is 0 Å². The second-order valence-corrected chi connectivity index (χ2v) is 6.27. The molecule has 1 aromatic rings. The number of nitriles is 1. The lowest BCUT2D eigenvalue weighted by atomic mass is 10.1. The molecule has 5 nitrogen and oxygen atoms in total. The molecule has 0 N–H and O–H groups in total. The summed E-state index contributed by atoms with van der Waals surface area (Å²) in [5.41, 5.74) is 1.90. The minimum Gasteiger partial charge on any atom is -0.368 e. The highest BCUT2D eigenvalue weighted by Gasteiger charge is 2.29. The van der Waals surface area contributed by atoms with Crippen LogP contribution >= 0.6 is 0 Å². The van der Waals surface area contributed by atoms with Crippen LogP contribution in [0.25, 0.3) is 0 Å². The van der Waals surface area contributed by atoms with Crippen LogP contribution in [-0.4, -0.2) is 54.6 Å². The molecule has 23 heavy (non-hydrogen) atoms. The average Bonchev–Trinajstić information content (AvgIpc) is 3.02. The second kappa shape index (κ2) is 7.58. The van der Waals surface area contributed by atoms with Crippen LogP contribution in [0.1, 0.15) is 30.4 Å². The lowest BCUT2D eigenvalue weighted by Gasteiger charge is -2.24. The van der Waals surface area contributed by atoms with E-state index in [-0.39, 0.29) is 12.0 Å². The SMILES string of the molecule is N#Cc1ccc(CN2CCCN(C(=O)[C@H]3CCCO3)CC2)cc1. The summed E-state index contributed by atoms with van der Waals surface area (Å²) in [4.78, 5) is 16.8. The Balaban J connectivity index is 1.53. The molecule has 0 radical (unpaired) electrons. The van der Waals surface area contributed by atoms with Gasteiger partial charge in [0.2, 0.25) is 0 Å². The minimum atomic E-state index is -0.208. The number of hydrogen-bond donors (Lipinski definition) is 0.